The first-order valence-electron chi connectivity index (χ1n) is 8.24. The molecule has 138 valence electrons. The molecule has 1 heterocycles. The van der Waals surface area contributed by atoms with Crippen LogP contribution in [0.5, 0.6) is 0 Å². The summed E-state index contributed by atoms with van der Waals surface area (Å²) < 4.78 is 44.1. The second-order valence-corrected chi connectivity index (χ2v) is 6.22. The number of carbonyl (C=O) groups is 1. The second-order valence-electron chi connectivity index (χ2n) is 6.22. The van der Waals surface area contributed by atoms with E-state index >= 15 is 0 Å². The Hall–Kier alpha value is -2.54. The number of urea groups is 1. The standard InChI is InChI=1S/C19H19F3N2O2/c1-13-5-7-14(8-6-13)17-12-24(9-10-26-17)18(25)23-16-4-2-3-15(11-16)19(20,21)22/h2-8,11,17H,9-10,12H2,1H3,(H,23,25). The van der Waals surface area contributed by atoms with Gasteiger partial charge in [-0.3, -0.25) is 0 Å². The smallest absolute Gasteiger partial charge is 0.370 e. The number of anilines is 1. The van der Waals surface area contributed by atoms with Crippen LogP contribution in [0.4, 0.5) is 23.7 Å². The van der Waals surface area contributed by atoms with Gasteiger partial charge in [0.25, 0.3) is 0 Å². The maximum absolute atomic E-state index is 12.8. The molecule has 0 radical (unpaired) electrons. The molecule has 7 heteroatoms. The molecule has 1 aliphatic heterocycles. The van der Waals surface area contributed by atoms with Gasteiger partial charge in [0.2, 0.25) is 0 Å². The topological polar surface area (TPSA) is 41.6 Å². The van der Waals surface area contributed by atoms with E-state index in [1.807, 2.05) is 31.2 Å². The third kappa shape index (κ3) is 4.35. The molecule has 0 aromatic heterocycles. The van der Waals surface area contributed by atoms with E-state index in [1.54, 1.807) is 4.90 Å². The van der Waals surface area contributed by atoms with E-state index in [4.69, 9.17) is 4.74 Å². The number of carbonyl (C=O) groups excluding carboxylic acids is 1. The summed E-state index contributed by atoms with van der Waals surface area (Å²) in [4.78, 5) is 14.0. The number of halogens is 3. The first kappa shape index (κ1) is 18.3. The van der Waals surface area contributed by atoms with Crippen molar-refractivity contribution in [2.24, 2.45) is 0 Å². The van der Waals surface area contributed by atoms with Crippen LogP contribution in [0, 0.1) is 6.92 Å². The van der Waals surface area contributed by atoms with Crippen LogP contribution in [-0.4, -0.2) is 30.6 Å². The number of nitrogens with zero attached hydrogens (tertiary/aromatic N) is 1. The van der Waals surface area contributed by atoms with Crippen LogP contribution >= 0.6 is 0 Å². The van der Waals surface area contributed by atoms with Crippen molar-refractivity contribution in [2.45, 2.75) is 19.2 Å². The molecule has 1 N–H and O–H groups in total. The third-order valence-electron chi connectivity index (χ3n) is 4.24. The summed E-state index contributed by atoms with van der Waals surface area (Å²) in [7, 11) is 0. The zero-order valence-electron chi connectivity index (χ0n) is 14.2. The van der Waals surface area contributed by atoms with E-state index in [0.29, 0.717) is 19.7 Å². The van der Waals surface area contributed by atoms with Gasteiger partial charge in [-0.1, -0.05) is 35.9 Å². The van der Waals surface area contributed by atoms with Crippen LogP contribution in [0.3, 0.4) is 0 Å². The lowest BCUT2D eigenvalue weighted by Crippen LogP contribution is -2.44. The SMILES string of the molecule is Cc1ccc(C2CN(C(=O)Nc3cccc(C(F)(F)F)c3)CCO2)cc1. The van der Waals surface area contributed by atoms with Gasteiger partial charge in [-0.25, -0.2) is 4.79 Å². The van der Waals surface area contributed by atoms with Crippen molar-refractivity contribution in [1.82, 2.24) is 4.90 Å². The van der Waals surface area contributed by atoms with Crippen molar-refractivity contribution in [2.75, 3.05) is 25.0 Å². The van der Waals surface area contributed by atoms with Crippen molar-refractivity contribution in [3.05, 3.63) is 65.2 Å². The summed E-state index contributed by atoms with van der Waals surface area (Å²) >= 11 is 0. The van der Waals surface area contributed by atoms with E-state index < -0.39 is 17.8 Å². The Morgan fingerprint density at radius 2 is 1.92 bits per heavy atom. The highest BCUT2D eigenvalue weighted by Gasteiger charge is 2.31. The van der Waals surface area contributed by atoms with Crippen molar-refractivity contribution in [3.8, 4) is 0 Å². The van der Waals surface area contributed by atoms with E-state index in [2.05, 4.69) is 5.32 Å². The minimum atomic E-state index is -4.45. The van der Waals surface area contributed by atoms with Crippen LogP contribution in [0.1, 0.15) is 22.8 Å². The number of alkyl halides is 3. The number of benzene rings is 2. The second kappa shape index (κ2) is 7.37. The fourth-order valence-corrected chi connectivity index (χ4v) is 2.79. The summed E-state index contributed by atoms with van der Waals surface area (Å²) in [5, 5.41) is 2.54. The Kier molecular flexibility index (Phi) is 5.18. The van der Waals surface area contributed by atoms with Gasteiger partial charge in [0, 0.05) is 12.2 Å². The average molecular weight is 364 g/mol. The van der Waals surface area contributed by atoms with E-state index in [1.165, 1.54) is 12.1 Å². The molecular weight excluding hydrogens is 345 g/mol. The Bertz CT molecular complexity index is 775. The normalized spacial score (nSPS) is 17.8. The molecule has 3 rings (SSSR count). The molecular formula is C19H19F3N2O2. The van der Waals surface area contributed by atoms with Gasteiger partial charge in [0.05, 0.1) is 18.7 Å². The molecule has 0 aliphatic carbocycles. The Morgan fingerprint density at radius 3 is 2.62 bits per heavy atom. The molecule has 0 spiro atoms. The van der Waals surface area contributed by atoms with Gasteiger partial charge < -0.3 is 15.0 Å². The van der Waals surface area contributed by atoms with Crippen LogP contribution in [0.2, 0.25) is 0 Å². The van der Waals surface area contributed by atoms with E-state index in [-0.39, 0.29) is 11.8 Å². The largest absolute Gasteiger partial charge is 0.416 e. The van der Waals surface area contributed by atoms with Gasteiger partial charge in [0.15, 0.2) is 0 Å². The van der Waals surface area contributed by atoms with Gasteiger partial charge in [0.1, 0.15) is 6.10 Å². The lowest BCUT2D eigenvalue weighted by atomic mass is 10.1. The molecule has 0 bridgehead atoms. The van der Waals surface area contributed by atoms with Gasteiger partial charge >= 0.3 is 12.2 Å². The number of hydrogen-bond donors (Lipinski definition) is 1. The zero-order valence-corrected chi connectivity index (χ0v) is 14.2. The maximum atomic E-state index is 12.8. The molecule has 1 atom stereocenters. The molecule has 2 aromatic carbocycles. The first-order valence-corrected chi connectivity index (χ1v) is 8.24. The summed E-state index contributed by atoms with van der Waals surface area (Å²) in [5.41, 5.74) is 1.41. The van der Waals surface area contributed by atoms with E-state index in [0.717, 1.165) is 23.3 Å². The lowest BCUT2D eigenvalue weighted by Gasteiger charge is -2.33. The number of aryl methyl sites for hydroxylation is 1. The molecule has 4 nitrogen and oxygen atoms in total. The highest BCUT2D eigenvalue weighted by Crippen LogP contribution is 2.31. The number of morpholine rings is 1. The molecule has 2 aromatic rings. The molecule has 0 saturated carbocycles. The first-order chi connectivity index (χ1) is 12.3. The number of hydrogen-bond acceptors (Lipinski definition) is 2. The minimum absolute atomic E-state index is 0.114. The number of rotatable bonds is 2. The lowest BCUT2D eigenvalue weighted by molar-refractivity contribution is -0.137. The number of amides is 2. The zero-order chi connectivity index (χ0) is 18.7. The molecule has 2 amide bonds. The highest BCUT2D eigenvalue weighted by molar-refractivity contribution is 5.89. The Balaban J connectivity index is 1.67. The van der Waals surface area contributed by atoms with Crippen LogP contribution in [0.15, 0.2) is 48.5 Å². The fourth-order valence-electron chi connectivity index (χ4n) is 2.79. The van der Waals surface area contributed by atoms with Crippen LogP contribution in [0.25, 0.3) is 0 Å². The summed E-state index contributed by atoms with van der Waals surface area (Å²) in [5.74, 6) is 0. The molecule has 1 aliphatic rings. The summed E-state index contributed by atoms with van der Waals surface area (Å²) in [6.45, 7) is 3.08. The highest BCUT2D eigenvalue weighted by atomic mass is 19.4. The van der Waals surface area contributed by atoms with Gasteiger partial charge in [-0.2, -0.15) is 13.2 Å². The van der Waals surface area contributed by atoms with Crippen molar-refractivity contribution in [3.63, 3.8) is 0 Å². The fraction of sp³-hybridized carbons (Fsp3) is 0.316. The van der Waals surface area contributed by atoms with Crippen molar-refractivity contribution >= 4 is 11.7 Å². The van der Waals surface area contributed by atoms with Crippen molar-refractivity contribution < 1.29 is 22.7 Å². The predicted octanol–water partition coefficient (Wildman–Crippen LogP) is 4.62. The maximum Gasteiger partial charge on any atom is 0.416 e. The molecule has 26 heavy (non-hydrogen) atoms. The predicted molar refractivity (Wildman–Crippen MR) is 91.9 cm³/mol. The minimum Gasteiger partial charge on any atom is -0.370 e. The number of nitrogens with one attached hydrogen (secondary N) is 1. The molecule has 1 fully saturated rings. The molecule has 1 unspecified atom stereocenters. The monoisotopic (exact) mass is 364 g/mol. The van der Waals surface area contributed by atoms with Gasteiger partial charge in [-0.15, -0.1) is 0 Å². The summed E-state index contributed by atoms with van der Waals surface area (Å²) in [6.07, 6.45) is -4.70. The quantitative estimate of drug-likeness (QED) is 0.845. The third-order valence-corrected chi connectivity index (χ3v) is 4.24. The Morgan fingerprint density at radius 1 is 1.19 bits per heavy atom. The van der Waals surface area contributed by atoms with Gasteiger partial charge in [-0.05, 0) is 30.7 Å². The molecule has 1 saturated heterocycles. The number of ether oxygens (including phenoxy) is 1. The summed E-state index contributed by atoms with van der Waals surface area (Å²) in [6, 6.07) is 12.0. The average Bonchev–Trinajstić information content (AvgIpc) is 2.62. The Labute approximate surface area is 149 Å². The van der Waals surface area contributed by atoms with Crippen LogP contribution in [-0.2, 0) is 10.9 Å². The van der Waals surface area contributed by atoms with Crippen LogP contribution < -0.4 is 5.32 Å². The van der Waals surface area contributed by atoms with E-state index in [9.17, 15) is 18.0 Å². The van der Waals surface area contributed by atoms with Crippen molar-refractivity contribution in [1.29, 1.82) is 0 Å².